The standard InChI is InChI=1S/C25H31F2N9O2/c1-25(2)11-14(8-15-6-7-21(37)35(15)25)31-22-18(27)12-30-23(33-22)32-19-10-20(36(34-28)24(38)29-3)16(9-17(19)26)13-4-5-13/h9-10,12-15,28H,4-8,11H2,1-3H3,(H,29,38)(H2,30,31,32,33). The van der Waals surface area contributed by atoms with Crippen molar-refractivity contribution < 1.29 is 18.4 Å². The predicted octanol–water partition coefficient (Wildman–Crippen LogP) is 4.81. The molecule has 3 aliphatic rings. The topological polar surface area (TPSA) is 139 Å². The second-order valence-electron chi connectivity index (χ2n) is 10.7. The average molecular weight is 528 g/mol. The Kier molecular flexibility index (Phi) is 6.61. The molecule has 2 aromatic rings. The van der Waals surface area contributed by atoms with Gasteiger partial charge in [-0.3, -0.25) is 4.79 Å². The van der Waals surface area contributed by atoms with Crippen molar-refractivity contribution in [3.8, 4) is 0 Å². The van der Waals surface area contributed by atoms with Crippen LogP contribution >= 0.6 is 0 Å². The van der Waals surface area contributed by atoms with Gasteiger partial charge in [-0.2, -0.15) is 15.5 Å². The summed E-state index contributed by atoms with van der Waals surface area (Å²) in [7, 11) is 1.41. The Morgan fingerprint density at radius 3 is 2.68 bits per heavy atom. The third-order valence-corrected chi connectivity index (χ3v) is 7.48. The molecule has 202 valence electrons. The van der Waals surface area contributed by atoms with Crippen LogP contribution < -0.4 is 21.0 Å². The van der Waals surface area contributed by atoms with E-state index in [1.807, 2.05) is 18.7 Å². The number of hydrogen-bond donors (Lipinski definition) is 4. The van der Waals surface area contributed by atoms with Gasteiger partial charge in [-0.05, 0) is 69.6 Å². The van der Waals surface area contributed by atoms with Crippen LogP contribution in [0.5, 0.6) is 0 Å². The molecule has 0 spiro atoms. The zero-order valence-corrected chi connectivity index (χ0v) is 21.5. The third-order valence-electron chi connectivity index (χ3n) is 7.48. The SMILES string of the molecule is CNC(=O)N(N=N)c1cc(Nc2ncc(F)c(NC3CC4CCC(=O)N4C(C)(C)C3)n2)c(F)cc1C1CC1. The number of nitrogens with one attached hydrogen (secondary N) is 4. The normalized spacial score (nSPS) is 22.0. The highest BCUT2D eigenvalue weighted by molar-refractivity contribution is 5.92. The number of rotatable bonds is 7. The fourth-order valence-electron chi connectivity index (χ4n) is 5.76. The maximum Gasteiger partial charge on any atom is 0.343 e. The van der Waals surface area contributed by atoms with Gasteiger partial charge < -0.3 is 20.9 Å². The van der Waals surface area contributed by atoms with Crippen LogP contribution in [0, 0.1) is 17.2 Å². The molecule has 3 amide bonds. The predicted molar refractivity (Wildman–Crippen MR) is 136 cm³/mol. The Morgan fingerprint density at radius 1 is 1.24 bits per heavy atom. The van der Waals surface area contributed by atoms with E-state index in [-0.39, 0.29) is 52.6 Å². The lowest BCUT2D eigenvalue weighted by molar-refractivity contribution is -0.136. The maximum absolute atomic E-state index is 15.1. The molecule has 3 heterocycles. The van der Waals surface area contributed by atoms with Crippen LogP contribution in [0.4, 0.5) is 36.7 Å². The van der Waals surface area contributed by atoms with Crippen molar-refractivity contribution in [3.05, 3.63) is 35.5 Å². The summed E-state index contributed by atoms with van der Waals surface area (Å²) in [5.41, 5.74) is 7.90. The number of halogens is 2. The lowest BCUT2D eigenvalue weighted by atomic mass is 9.84. The van der Waals surface area contributed by atoms with Crippen molar-refractivity contribution in [3.63, 3.8) is 0 Å². The van der Waals surface area contributed by atoms with E-state index in [2.05, 4.69) is 31.1 Å². The number of carbonyl (C=O) groups is 2. The average Bonchev–Trinajstić information content (AvgIpc) is 3.64. The summed E-state index contributed by atoms with van der Waals surface area (Å²) in [6, 6.07) is 2.04. The molecule has 1 aromatic carbocycles. The molecular weight excluding hydrogens is 496 g/mol. The minimum absolute atomic E-state index is 0.0237. The van der Waals surface area contributed by atoms with E-state index in [1.165, 1.54) is 19.2 Å². The Bertz CT molecular complexity index is 1280. The van der Waals surface area contributed by atoms with Gasteiger partial charge in [0.05, 0.1) is 17.6 Å². The van der Waals surface area contributed by atoms with Crippen LogP contribution in [0.1, 0.15) is 63.9 Å². The number of aromatic nitrogens is 2. The van der Waals surface area contributed by atoms with E-state index < -0.39 is 17.7 Å². The molecular formula is C25H31F2N9O2. The van der Waals surface area contributed by atoms with Crippen molar-refractivity contribution in [1.29, 1.82) is 5.53 Å². The zero-order chi connectivity index (χ0) is 27.2. The number of nitrogens with zero attached hydrogens (tertiary/aromatic N) is 5. The molecule has 1 aliphatic carbocycles. The van der Waals surface area contributed by atoms with Crippen LogP contribution in [0.25, 0.3) is 0 Å². The van der Waals surface area contributed by atoms with Crippen molar-refractivity contribution in [2.45, 2.75) is 75.9 Å². The fraction of sp³-hybridized carbons (Fsp3) is 0.520. The summed E-state index contributed by atoms with van der Waals surface area (Å²) in [6.45, 7) is 4.02. The molecule has 0 bridgehead atoms. The molecule has 1 saturated carbocycles. The lowest BCUT2D eigenvalue weighted by Crippen LogP contribution is -2.57. The van der Waals surface area contributed by atoms with Crippen LogP contribution in [-0.2, 0) is 4.79 Å². The highest BCUT2D eigenvalue weighted by atomic mass is 19.1. The van der Waals surface area contributed by atoms with Crippen LogP contribution in [-0.4, -0.2) is 51.5 Å². The number of piperidine rings is 1. The first-order valence-corrected chi connectivity index (χ1v) is 12.7. The van der Waals surface area contributed by atoms with Crippen LogP contribution in [0.3, 0.4) is 0 Å². The highest BCUT2D eigenvalue weighted by Gasteiger charge is 2.46. The minimum atomic E-state index is -0.651. The van der Waals surface area contributed by atoms with E-state index in [0.717, 1.165) is 30.5 Å². The number of fused-ring (bicyclic) bond motifs is 1. The van der Waals surface area contributed by atoms with Gasteiger partial charge in [0, 0.05) is 31.1 Å². The molecule has 3 fully saturated rings. The molecule has 11 nitrogen and oxygen atoms in total. The monoisotopic (exact) mass is 527 g/mol. The zero-order valence-electron chi connectivity index (χ0n) is 21.5. The molecule has 1 aromatic heterocycles. The van der Waals surface area contributed by atoms with E-state index in [0.29, 0.717) is 24.8 Å². The summed E-state index contributed by atoms with van der Waals surface area (Å²) >= 11 is 0. The van der Waals surface area contributed by atoms with Gasteiger partial charge in [-0.1, -0.05) is 5.22 Å². The van der Waals surface area contributed by atoms with Crippen LogP contribution in [0.15, 0.2) is 23.6 Å². The summed E-state index contributed by atoms with van der Waals surface area (Å²) in [5.74, 6) is -1.08. The summed E-state index contributed by atoms with van der Waals surface area (Å²) in [5, 5.41) is 12.5. The molecule has 2 unspecified atom stereocenters. The largest absolute Gasteiger partial charge is 0.365 e. The second-order valence-corrected chi connectivity index (χ2v) is 10.7. The van der Waals surface area contributed by atoms with Crippen LogP contribution in [0.2, 0.25) is 0 Å². The lowest BCUT2D eigenvalue weighted by Gasteiger charge is -2.47. The maximum atomic E-state index is 15.1. The van der Waals surface area contributed by atoms with E-state index in [4.69, 9.17) is 5.53 Å². The number of benzene rings is 1. The van der Waals surface area contributed by atoms with Gasteiger partial charge in [-0.25, -0.2) is 18.6 Å². The fourth-order valence-corrected chi connectivity index (χ4v) is 5.76. The molecule has 2 saturated heterocycles. The van der Waals surface area contributed by atoms with E-state index >= 15 is 4.39 Å². The van der Waals surface area contributed by atoms with E-state index in [9.17, 15) is 14.0 Å². The first-order valence-electron chi connectivity index (χ1n) is 12.7. The molecule has 2 aliphatic heterocycles. The Balaban J connectivity index is 1.39. The number of hydrogen-bond acceptors (Lipinski definition) is 8. The molecule has 4 N–H and O–H groups in total. The molecule has 0 radical (unpaired) electrons. The number of amides is 3. The molecule has 38 heavy (non-hydrogen) atoms. The van der Waals surface area contributed by atoms with Gasteiger partial charge in [-0.15, -0.1) is 0 Å². The smallest absolute Gasteiger partial charge is 0.343 e. The van der Waals surface area contributed by atoms with Gasteiger partial charge >= 0.3 is 6.03 Å². The summed E-state index contributed by atoms with van der Waals surface area (Å²) < 4.78 is 29.8. The van der Waals surface area contributed by atoms with Crippen molar-refractivity contribution in [2.75, 3.05) is 22.7 Å². The third kappa shape index (κ3) is 4.84. The number of carbonyl (C=O) groups excluding carboxylic acids is 2. The second kappa shape index (κ2) is 9.76. The summed E-state index contributed by atoms with van der Waals surface area (Å²) in [4.78, 5) is 34.8. The Morgan fingerprint density at radius 2 is 2.00 bits per heavy atom. The molecule has 2 atom stereocenters. The van der Waals surface area contributed by atoms with Crippen molar-refractivity contribution in [2.24, 2.45) is 5.22 Å². The highest BCUT2D eigenvalue weighted by Crippen LogP contribution is 2.46. The van der Waals surface area contributed by atoms with Gasteiger partial charge in [0.1, 0.15) is 5.82 Å². The Hall–Kier alpha value is -3.90. The van der Waals surface area contributed by atoms with E-state index in [1.54, 1.807) is 0 Å². The number of urea groups is 1. The van der Waals surface area contributed by atoms with Gasteiger partial charge in [0.15, 0.2) is 11.6 Å². The molecule has 13 heteroatoms. The van der Waals surface area contributed by atoms with Gasteiger partial charge in [0.25, 0.3) is 0 Å². The van der Waals surface area contributed by atoms with Gasteiger partial charge in [0.2, 0.25) is 11.9 Å². The number of anilines is 4. The Labute approximate surface area is 218 Å². The first kappa shape index (κ1) is 25.7. The first-order chi connectivity index (χ1) is 18.1. The summed E-state index contributed by atoms with van der Waals surface area (Å²) in [6.07, 6.45) is 5.29. The quantitative estimate of drug-likeness (QED) is 0.301. The molecule has 5 rings (SSSR count). The minimum Gasteiger partial charge on any atom is -0.365 e. The van der Waals surface area contributed by atoms with Crippen molar-refractivity contribution in [1.82, 2.24) is 20.2 Å². The van der Waals surface area contributed by atoms with Crippen molar-refractivity contribution >= 4 is 35.1 Å².